The molecule has 0 radical (unpaired) electrons. The number of rotatable bonds is 4. The van der Waals surface area contributed by atoms with Gasteiger partial charge in [-0.25, -0.2) is 8.78 Å². The average molecular weight is 297 g/mol. The van der Waals surface area contributed by atoms with E-state index >= 15 is 0 Å². The van der Waals surface area contributed by atoms with E-state index in [0.717, 1.165) is 38.7 Å². The lowest BCUT2D eigenvalue weighted by atomic mass is 9.97. The van der Waals surface area contributed by atoms with Gasteiger partial charge in [0.1, 0.15) is 11.6 Å². The third-order valence-corrected chi connectivity index (χ3v) is 4.17. The molecule has 2 rings (SSSR count). The van der Waals surface area contributed by atoms with E-state index in [1.165, 1.54) is 12.1 Å². The molecular weight excluding hydrogens is 272 g/mol. The molecular formula is C16H25F2N3. The lowest BCUT2D eigenvalue weighted by molar-refractivity contribution is 0.179. The molecule has 1 fully saturated rings. The Labute approximate surface area is 125 Å². The molecule has 21 heavy (non-hydrogen) atoms. The molecule has 1 aliphatic rings. The summed E-state index contributed by atoms with van der Waals surface area (Å²) >= 11 is 0. The lowest BCUT2D eigenvalue weighted by Crippen LogP contribution is -2.47. The number of benzene rings is 1. The van der Waals surface area contributed by atoms with Crippen LogP contribution in [0.25, 0.3) is 0 Å². The number of halogens is 2. The van der Waals surface area contributed by atoms with E-state index in [0.29, 0.717) is 5.56 Å². The first-order valence-corrected chi connectivity index (χ1v) is 7.59. The summed E-state index contributed by atoms with van der Waals surface area (Å²) in [6, 6.07) is 3.92. The maximum absolute atomic E-state index is 13.6. The van der Waals surface area contributed by atoms with Crippen molar-refractivity contribution in [1.29, 1.82) is 0 Å². The van der Waals surface area contributed by atoms with Gasteiger partial charge < -0.3 is 15.1 Å². The minimum absolute atomic E-state index is 0.0780. The monoisotopic (exact) mass is 297 g/mol. The molecule has 0 bridgehead atoms. The molecule has 1 aromatic carbocycles. The standard InChI is InChI=1S/C16H25F2N3/c1-4-19-16(12-8-13(17)10-14(18)9-12)15-11-20(2)6-5-7-21(15)3/h8-10,15-16,19H,4-7,11H2,1-3H3. The SMILES string of the molecule is CCNC(c1cc(F)cc(F)c1)C1CN(C)CCCN1C. The molecule has 1 saturated heterocycles. The molecule has 5 heteroatoms. The summed E-state index contributed by atoms with van der Waals surface area (Å²) in [7, 11) is 4.19. The zero-order chi connectivity index (χ0) is 15.4. The highest BCUT2D eigenvalue weighted by molar-refractivity contribution is 5.23. The topological polar surface area (TPSA) is 18.5 Å². The van der Waals surface area contributed by atoms with Crippen LogP contribution < -0.4 is 5.32 Å². The van der Waals surface area contributed by atoms with Crippen molar-refractivity contribution in [2.24, 2.45) is 0 Å². The predicted octanol–water partition coefficient (Wildman–Crippen LogP) is 2.25. The van der Waals surface area contributed by atoms with Gasteiger partial charge in [0.25, 0.3) is 0 Å². The van der Waals surface area contributed by atoms with Crippen LogP contribution >= 0.6 is 0 Å². The van der Waals surface area contributed by atoms with Crippen LogP contribution in [0.5, 0.6) is 0 Å². The van der Waals surface area contributed by atoms with Gasteiger partial charge in [-0.05, 0) is 57.8 Å². The van der Waals surface area contributed by atoms with Crippen molar-refractivity contribution >= 4 is 0 Å². The number of nitrogens with zero attached hydrogens (tertiary/aromatic N) is 2. The van der Waals surface area contributed by atoms with Gasteiger partial charge in [-0.3, -0.25) is 0 Å². The van der Waals surface area contributed by atoms with Crippen molar-refractivity contribution in [2.75, 3.05) is 40.3 Å². The van der Waals surface area contributed by atoms with Crippen molar-refractivity contribution in [3.8, 4) is 0 Å². The normalized spacial score (nSPS) is 23.0. The summed E-state index contributed by atoms with van der Waals surface area (Å²) in [4.78, 5) is 4.58. The van der Waals surface area contributed by atoms with E-state index in [1.807, 2.05) is 6.92 Å². The molecule has 2 unspecified atom stereocenters. The second-order valence-corrected chi connectivity index (χ2v) is 5.90. The second kappa shape index (κ2) is 7.29. The first-order valence-electron chi connectivity index (χ1n) is 7.59. The average Bonchev–Trinajstić information content (AvgIpc) is 2.56. The molecule has 0 aromatic heterocycles. The van der Waals surface area contributed by atoms with Crippen LogP contribution in [0.15, 0.2) is 18.2 Å². The maximum Gasteiger partial charge on any atom is 0.126 e. The first-order chi connectivity index (χ1) is 10.0. The highest BCUT2D eigenvalue weighted by atomic mass is 19.1. The van der Waals surface area contributed by atoms with Crippen molar-refractivity contribution in [3.05, 3.63) is 35.4 Å². The van der Waals surface area contributed by atoms with E-state index in [9.17, 15) is 8.78 Å². The van der Waals surface area contributed by atoms with Gasteiger partial charge in [0, 0.05) is 24.7 Å². The number of hydrogen-bond acceptors (Lipinski definition) is 3. The minimum atomic E-state index is -0.516. The lowest BCUT2D eigenvalue weighted by Gasteiger charge is -2.35. The molecule has 0 aliphatic carbocycles. The van der Waals surface area contributed by atoms with Gasteiger partial charge in [0.05, 0.1) is 0 Å². The van der Waals surface area contributed by atoms with Crippen molar-refractivity contribution in [2.45, 2.75) is 25.4 Å². The van der Waals surface area contributed by atoms with Crippen LogP contribution in [0, 0.1) is 11.6 Å². The Hall–Kier alpha value is -1.04. The molecule has 2 atom stereocenters. The molecule has 0 spiro atoms. The highest BCUT2D eigenvalue weighted by Crippen LogP contribution is 2.24. The molecule has 1 aliphatic heterocycles. The molecule has 1 heterocycles. The Kier molecular flexibility index (Phi) is 5.67. The highest BCUT2D eigenvalue weighted by Gasteiger charge is 2.29. The zero-order valence-electron chi connectivity index (χ0n) is 13.1. The van der Waals surface area contributed by atoms with Crippen LogP contribution in [-0.2, 0) is 0 Å². The fourth-order valence-corrected chi connectivity index (χ4v) is 3.12. The maximum atomic E-state index is 13.6. The van der Waals surface area contributed by atoms with Crippen LogP contribution in [0.3, 0.4) is 0 Å². The molecule has 0 amide bonds. The van der Waals surface area contributed by atoms with Gasteiger partial charge in [-0.15, -0.1) is 0 Å². The van der Waals surface area contributed by atoms with Gasteiger partial charge in [0.2, 0.25) is 0 Å². The summed E-state index contributed by atoms with van der Waals surface area (Å²) in [5.41, 5.74) is 0.682. The largest absolute Gasteiger partial charge is 0.309 e. The molecule has 1 aromatic rings. The Morgan fingerprint density at radius 3 is 2.48 bits per heavy atom. The molecule has 0 saturated carbocycles. The Balaban J connectivity index is 2.31. The van der Waals surface area contributed by atoms with Crippen LogP contribution in [-0.4, -0.2) is 56.1 Å². The van der Waals surface area contributed by atoms with E-state index in [-0.39, 0.29) is 12.1 Å². The van der Waals surface area contributed by atoms with E-state index < -0.39 is 11.6 Å². The van der Waals surface area contributed by atoms with Gasteiger partial charge in [0.15, 0.2) is 0 Å². The Morgan fingerprint density at radius 2 is 1.86 bits per heavy atom. The minimum Gasteiger partial charge on any atom is -0.309 e. The van der Waals surface area contributed by atoms with Crippen molar-refractivity contribution in [3.63, 3.8) is 0 Å². The number of likely N-dealkylation sites (N-methyl/N-ethyl adjacent to an activating group) is 3. The Morgan fingerprint density at radius 1 is 1.19 bits per heavy atom. The van der Waals surface area contributed by atoms with E-state index in [2.05, 4.69) is 29.2 Å². The van der Waals surface area contributed by atoms with E-state index in [4.69, 9.17) is 0 Å². The van der Waals surface area contributed by atoms with Crippen molar-refractivity contribution in [1.82, 2.24) is 15.1 Å². The molecule has 1 N–H and O–H groups in total. The van der Waals surface area contributed by atoms with Gasteiger partial charge in [-0.1, -0.05) is 6.92 Å². The smallest absolute Gasteiger partial charge is 0.126 e. The summed E-state index contributed by atoms with van der Waals surface area (Å²) in [5, 5.41) is 3.40. The fraction of sp³-hybridized carbons (Fsp3) is 0.625. The van der Waals surface area contributed by atoms with Gasteiger partial charge in [-0.2, -0.15) is 0 Å². The second-order valence-electron chi connectivity index (χ2n) is 5.90. The summed E-state index contributed by atoms with van der Waals surface area (Å²) < 4.78 is 27.1. The zero-order valence-corrected chi connectivity index (χ0v) is 13.1. The number of nitrogens with one attached hydrogen (secondary N) is 1. The fourth-order valence-electron chi connectivity index (χ4n) is 3.12. The first kappa shape index (κ1) is 16.3. The summed E-state index contributed by atoms with van der Waals surface area (Å²) in [6.07, 6.45) is 1.11. The molecule has 118 valence electrons. The van der Waals surface area contributed by atoms with Crippen LogP contribution in [0.4, 0.5) is 8.78 Å². The Bertz CT molecular complexity index is 447. The molecule has 3 nitrogen and oxygen atoms in total. The third kappa shape index (κ3) is 4.22. The van der Waals surface area contributed by atoms with E-state index in [1.54, 1.807) is 0 Å². The van der Waals surface area contributed by atoms with Crippen molar-refractivity contribution < 1.29 is 8.78 Å². The predicted molar refractivity (Wildman–Crippen MR) is 81.3 cm³/mol. The number of hydrogen-bond donors (Lipinski definition) is 1. The summed E-state index contributed by atoms with van der Waals surface area (Å²) in [6.45, 7) is 5.71. The van der Waals surface area contributed by atoms with Crippen LogP contribution in [0.2, 0.25) is 0 Å². The van der Waals surface area contributed by atoms with Crippen LogP contribution in [0.1, 0.15) is 24.9 Å². The third-order valence-electron chi connectivity index (χ3n) is 4.17. The summed E-state index contributed by atoms with van der Waals surface area (Å²) in [5.74, 6) is -1.03. The quantitative estimate of drug-likeness (QED) is 0.919. The van der Waals surface area contributed by atoms with Gasteiger partial charge >= 0.3 is 0 Å².